The van der Waals surface area contributed by atoms with Crippen LogP contribution in [-0.2, 0) is 0 Å². The van der Waals surface area contributed by atoms with Gasteiger partial charge < -0.3 is 4.57 Å². The number of hydrogen-bond donors (Lipinski definition) is 0. The fraction of sp³-hybridized carbons (Fsp3) is 0. The monoisotopic (exact) mass is 342 g/mol. The van der Waals surface area contributed by atoms with Crippen molar-refractivity contribution in [3.63, 3.8) is 0 Å². The Balaban J connectivity index is 1.65. The Bertz CT molecular complexity index is 1070. The highest BCUT2D eigenvalue weighted by Crippen LogP contribution is 2.22. The lowest BCUT2D eigenvalue weighted by Gasteiger charge is -2.06. The minimum atomic E-state index is -0.439. The third kappa shape index (κ3) is 3.17. The maximum Gasteiger partial charge on any atom is 0.213 e. The molecule has 126 valence electrons. The van der Waals surface area contributed by atoms with Gasteiger partial charge in [-0.1, -0.05) is 54.6 Å². The Morgan fingerprint density at radius 2 is 1.62 bits per heavy atom. The van der Waals surface area contributed by atoms with Crippen LogP contribution in [0.25, 0.3) is 16.8 Å². The molecule has 0 fully saturated rings. The van der Waals surface area contributed by atoms with Gasteiger partial charge in [0.2, 0.25) is 5.78 Å². The first kappa shape index (κ1) is 16.0. The number of benzene rings is 3. The summed E-state index contributed by atoms with van der Waals surface area (Å²) in [4.78, 5) is 16.7. The summed E-state index contributed by atoms with van der Waals surface area (Å²) >= 11 is 0. The number of rotatable bonds is 4. The maximum absolute atomic E-state index is 13.3. The molecule has 0 aliphatic rings. The van der Waals surface area contributed by atoms with Crippen molar-refractivity contribution >= 4 is 5.78 Å². The standard InChI is InChI=1S/C22H15FN2O/c23-19-10-4-9-18(12-19)22(26)21-14-25(15-24-21)20-11-5-8-17(13-20)16-6-2-1-3-7-16/h1-15H. The predicted molar refractivity (Wildman–Crippen MR) is 98.8 cm³/mol. The van der Waals surface area contributed by atoms with Crippen LogP contribution in [0, 0.1) is 5.82 Å². The average molecular weight is 342 g/mol. The van der Waals surface area contributed by atoms with Crippen molar-refractivity contribution in [1.29, 1.82) is 0 Å². The third-order valence-electron chi connectivity index (χ3n) is 4.15. The van der Waals surface area contributed by atoms with Gasteiger partial charge in [0.15, 0.2) is 0 Å². The van der Waals surface area contributed by atoms with Crippen LogP contribution in [0.15, 0.2) is 91.4 Å². The second kappa shape index (κ2) is 6.76. The predicted octanol–water partition coefficient (Wildman–Crippen LogP) is 4.91. The lowest BCUT2D eigenvalue weighted by atomic mass is 10.1. The van der Waals surface area contributed by atoms with Crippen LogP contribution in [0.3, 0.4) is 0 Å². The minimum absolute atomic E-state index is 0.278. The zero-order chi connectivity index (χ0) is 17.9. The summed E-state index contributed by atoms with van der Waals surface area (Å²) < 4.78 is 15.1. The first-order valence-electron chi connectivity index (χ1n) is 8.21. The van der Waals surface area contributed by atoms with E-state index in [1.54, 1.807) is 23.2 Å². The molecule has 0 aliphatic heterocycles. The van der Waals surface area contributed by atoms with E-state index in [9.17, 15) is 9.18 Å². The third-order valence-corrected chi connectivity index (χ3v) is 4.15. The molecular weight excluding hydrogens is 327 g/mol. The second-order valence-corrected chi connectivity index (χ2v) is 5.92. The van der Waals surface area contributed by atoms with Crippen LogP contribution in [0.4, 0.5) is 4.39 Å². The SMILES string of the molecule is O=C(c1cccc(F)c1)c1cn(-c2cccc(-c3ccccc3)c2)cn1. The zero-order valence-corrected chi connectivity index (χ0v) is 13.8. The Morgan fingerprint density at radius 3 is 2.42 bits per heavy atom. The van der Waals surface area contributed by atoms with Gasteiger partial charge in [0.1, 0.15) is 17.8 Å². The van der Waals surface area contributed by atoms with E-state index >= 15 is 0 Å². The lowest BCUT2D eigenvalue weighted by molar-refractivity contribution is 0.103. The van der Waals surface area contributed by atoms with Gasteiger partial charge in [-0.05, 0) is 35.4 Å². The molecular formula is C22H15FN2O. The van der Waals surface area contributed by atoms with Crippen molar-refractivity contribution in [3.8, 4) is 16.8 Å². The number of hydrogen-bond acceptors (Lipinski definition) is 2. The smallest absolute Gasteiger partial charge is 0.213 e. The molecule has 0 bridgehead atoms. The molecule has 0 aliphatic carbocycles. The van der Waals surface area contributed by atoms with Crippen LogP contribution in [0.1, 0.15) is 16.1 Å². The first-order chi connectivity index (χ1) is 12.7. The van der Waals surface area contributed by atoms with E-state index in [0.29, 0.717) is 0 Å². The number of carbonyl (C=O) groups is 1. The van der Waals surface area contributed by atoms with Gasteiger partial charge >= 0.3 is 0 Å². The summed E-state index contributed by atoms with van der Waals surface area (Å²) in [5.41, 5.74) is 3.66. The molecule has 4 heteroatoms. The van der Waals surface area contributed by atoms with Crippen molar-refractivity contribution in [2.45, 2.75) is 0 Å². The summed E-state index contributed by atoms with van der Waals surface area (Å²) in [6.45, 7) is 0. The number of aromatic nitrogens is 2. The van der Waals surface area contributed by atoms with Crippen molar-refractivity contribution in [3.05, 3.63) is 108 Å². The molecule has 0 spiro atoms. The Hall–Kier alpha value is -3.53. The van der Waals surface area contributed by atoms with Crippen LogP contribution >= 0.6 is 0 Å². The molecule has 0 amide bonds. The van der Waals surface area contributed by atoms with Crippen molar-refractivity contribution in [2.24, 2.45) is 0 Å². The zero-order valence-electron chi connectivity index (χ0n) is 13.8. The van der Waals surface area contributed by atoms with Crippen molar-refractivity contribution < 1.29 is 9.18 Å². The normalized spacial score (nSPS) is 10.7. The van der Waals surface area contributed by atoms with E-state index in [-0.39, 0.29) is 17.0 Å². The van der Waals surface area contributed by atoms with Gasteiger partial charge in [-0.2, -0.15) is 0 Å². The maximum atomic E-state index is 13.3. The van der Waals surface area contributed by atoms with Crippen molar-refractivity contribution in [1.82, 2.24) is 9.55 Å². The molecule has 0 N–H and O–H groups in total. The summed E-state index contributed by atoms with van der Waals surface area (Å²) in [5, 5.41) is 0. The quantitative estimate of drug-likeness (QED) is 0.494. The number of imidazole rings is 1. The molecule has 4 rings (SSSR count). The Kier molecular flexibility index (Phi) is 4.15. The van der Waals surface area contributed by atoms with Crippen LogP contribution in [0.2, 0.25) is 0 Å². The minimum Gasteiger partial charge on any atom is -0.306 e. The van der Waals surface area contributed by atoms with Gasteiger partial charge in [-0.3, -0.25) is 4.79 Å². The van der Waals surface area contributed by atoms with Crippen LogP contribution in [0.5, 0.6) is 0 Å². The molecule has 0 unspecified atom stereocenters. The van der Waals surface area contributed by atoms with Crippen LogP contribution < -0.4 is 0 Å². The highest BCUT2D eigenvalue weighted by Gasteiger charge is 2.13. The Morgan fingerprint density at radius 1 is 0.846 bits per heavy atom. The van der Waals surface area contributed by atoms with E-state index in [2.05, 4.69) is 4.98 Å². The molecule has 1 heterocycles. The summed E-state index contributed by atoms with van der Waals surface area (Å²) in [7, 11) is 0. The molecule has 26 heavy (non-hydrogen) atoms. The highest BCUT2D eigenvalue weighted by atomic mass is 19.1. The number of nitrogens with zero attached hydrogens (tertiary/aromatic N) is 2. The van der Waals surface area contributed by atoms with E-state index in [1.807, 2.05) is 54.6 Å². The van der Waals surface area contributed by atoms with E-state index in [1.165, 1.54) is 18.2 Å². The topological polar surface area (TPSA) is 34.9 Å². The first-order valence-corrected chi connectivity index (χ1v) is 8.21. The molecule has 1 aromatic heterocycles. The summed E-state index contributed by atoms with van der Waals surface area (Å²) in [5.74, 6) is -0.742. The lowest BCUT2D eigenvalue weighted by Crippen LogP contribution is -2.02. The highest BCUT2D eigenvalue weighted by molar-refractivity contribution is 6.07. The molecule has 3 nitrogen and oxygen atoms in total. The van der Waals surface area contributed by atoms with E-state index in [0.717, 1.165) is 16.8 Å². The fourth-order valence-corrected chi connectivity index (χ4v) is 2.84. The molecule has 0 atom stereocenters. The number of halogens is 1. The molecule has 0 saturated heterocycles. The van der Waals surface area contributed by atoms with Crippen molar-refractivity contribution in [2.75, 3.05) is 0 Å². The number of ketones is 1. The molecule has 3 aromatic carbocycles. The summed E-state index contributed by atoms with van der Waals surface area (Å²) in [6.07, 6.45) is 3.26. The molecule has 4 aromatic rings. The molecule has 0 saturated carbocycles. The largest absolute Gasteiger partial charge is 0.306 e. The Labute approximate surface area is 150 Å². The van der Waals surface area contributed by atoms with E-state index in [4.69, 9.17) is 0 Å². The van der Waals surface area contributed by atoms with Gasteiger partial charge in [0.25, 0.3) is 0 Å². The van der Waals surface area contributed by atoms with Gasteiger partial charge in [0, 0.05) is 17.4 Å². The number of carbonyl (C=O) groups excluding carboxylic acids is 1. The average Bonchev–Trinajstić information content (AvgIpc) is 3.18. The fourth-order valence-electron chi connectivity index (χ4n) is 2.84. The van der Waals surface area contributed by atoms with E-state index < -0.39 is 5.82 Å². The summed E-state index contributed by atoms with van der Waals surface area (Å²) in [6, 6.07) is 23.7. The molecule has 0 radical (unpaired) electrons. The van der Waals surface area contributed by atoms with Gasteiger partial charge in [0.05, 0.1) is 0 Å². The van der Waals surface area contributed by atoms with Crippen LogP contribution in [-0.4, -0.2) is 15.3 Å². The second-order valence-electron chi connectivity index (χ2n) is 5.92. The van der Waals surface area contributed by atoms with Gasteiger partial charge in [-0.25, -0.2) is 9.37 Å². The van der Waals surface area contributed by atoms with Gasteiger partial charge in [-0.15, -0.1) is 0 Å².